The predicted molar refractivity (Wildman–Crippen MR) is 47.8 cm³/mol. The molecule has 0 bridgehead atoms. The van der Waals surface area contributed by atoms with Gasteiger partial charge in [-0.1, -0.05) is 0 Å². The molecule has 7 heteroatoms. The second-order valence-electron chi connectivity index (χ2n) is 3.19. The molecule has 1 aliphatic heterocycles. The topological polar surface area (TPSA) is 108 Å². The van der Waals surface area contributed by atoms with Gasteiger partial charge in [-0.15, -0.1) is 0 Å². The maximum absolute atomic E-state index is 9.89. The Balaban J connectivity index is 2.26. The van der Waals surface area contributed by atoms with Crippen LogP contribution >= 0.6 is 0 Å². The molecule has 1 heterocycles. The van der Waals surface area contributed by atoms with Crippen molar-refractivity contribution in [2.45, 2.75) is 24.6 Å². The number of aliphatic hydroxyl groups is 3. The number of hydrogen-bond donors (Lipinski definition) is 4. The molecule has 15 heavy (non-hydrogen) atoms. The summed E-state index contributed by atoms with van der Waals surface area (Å²) in [6.45, 7) is 0.349. The Morgan fingerprint density at radius 2 is 2.13 bits per heavy atom. The Morgan fingerprint density at radius 3 is 2.80 bits per heavy atom. The van der Waals surface area contributed by atoms with E-state index in [-0.39, 0.29) is 19.8 Å². The van der Waals surface area contributed by atoms with Gasteiger partial charge < -0.3 is 30.1 Å². The van der Waals surface area contributed by atoms with Crippen LogP contribution in [-0.2, 0) is 14.3 Å². The quantitative estimate of drug-likeness (QED) is 0.295. The van der Waals surface area contributed by atoms with Crippen molar-refractivity contribution in [1.82, 2.24) is 5.32 Å². The molecule has 0 radical (unpaired) electrons. The molecular formula is C8H15NO6. The molecule has 0 aromatic carbocycles. The van der Waals surface area contributed by atoms with Crippen molar-refractivity contribution in [3.8, 4) is 0 Å². The highest BCUT2D eigenvalue weighted by atomic mass is 16.7. The summed E-state index contributed by atoms with van der Waals surface area (Å²) >= 11 is 0. The SMILES string of the molecule is O=CNCCO[C@@H]1OC[C@@H](O)[C@@H](O)[C@@H]1O. The van der Waals surface area contributed by atoms with Gasteiger partial charge in [-0.05, 0) is 0 Å². The Bertz CT molecular complexity index is 202. The van der Waals surface area contributed by atoms with Crippen LogP contribution in [0.2, 0.25) is 0 Å². The molecule has 1 rings (SSSR count). The van der Waals surface area contributed by atoms with Crippen molar-refractivity contribution in [2.75, 3.05) is 19.8 Å². The van der Waals surface area contributed by atoms with Crippen molar-refractivity contribution < 1.29 is 29.6 Å². The van der Waals surface area contributed by atoms with Crippen LogP contribution < -0.4 is 5.32 Å². The number of aliphatic hydroxyl groups excluding tert-OH is 3. The van der Waals surface area contributed by atoms with Gasteiger partial charge in [-0.2, -0.15) is 0 Å². The largest absolute Gasteiger partial charge is 0.388 e. The van der Waals surface area contributed by atoms with E-state index < -0.39 is 24.6 Å². The summed E-state index contributed by atoms with van der Waals surface area (Å²) in [5.74, 6) is 0. The molecule has 4 atom stereocenters. The number of amides is 1. The van der Waals surface area contributed by atoms with Crippen LogP contribution in [0.15, 0.2) is 0 Å². The molecule has 0 aliphatic carbocycles. The fourth-order valence-electron chi connectivity index (χ4n) is 1.22. The van der Waals surface area contributed by atoms with Gasteiger partial charge in [0.05, 0.1) is 13.2 Å². The number of hydrogen-bond acceptors (Lipinski definition) is 6. The predicted octanol–water partition coefficient (Wildman–Crippen LogP) is -2.81. The Hall–Kier alpha value is -0.730. The Labute approximate surface area is 86.6 Å². The second kappa shape index (κ2) is 5.99. The fraction of sp³-hybridized carbons (Fsp3) is 0.875. The first-order valence-electron chi connectivity index (χ1n) is 4.61. The van der Waals surface area contributed by atoms with Gasteiger partial charge in [0.25, 0.3) is 0 Å². The van der Waals surface area contributed by atoms with E-state index in [4.69, 9.17) is 14.6 Å². The van der Waals surface area contributed by atoms with Gasteiger partial charge in [0.1, 0.15) is 18.3 Å². The number of ether oxygens (including phenoxy) is 2. The summed E-state index contributed by atoms with van der Waals surface area (Å²) < 4.78 is 10.0. The van der Waals surface area contributed by atoms with Crippen molar-refractivity contribution in [2.24, 2.45) is 0 Å². The van der Waals surface area contributed by atoms with Crippen LogP contribution in [0, 0.1) is 0 Å². The molecule has 0 unspecified atom stereocenters. The van der Waals surface area contributed by atoms with E-state index in [9.17, 15) is 15.0 Å². The van der Waals surface area contributed by atoms with Gasteiger partial charge >= 0.3 is 0 Å². The first-order chi connectivity index (χ1) is 7.16. The molecule has 88 valence electrons. The average molecular weight is 221 g/mol. The molecular weight excluding hydrogens is 206 g/mol. The third kappa shape index (κ3) is 3.40. The van der Waals surface area contributed by atoms with E-state index in [0.29, 0.717) is 6.41 Å². The zero-order chi connectivity index (χ0) is 11.3. The molecule has 0 aromatic rings. The lowest BCUT2D eigenvalue weighted by molar-refractivity contribution is -0.269. The lowest BCUT2D eigenvalue weighted by Crippen LogP contribution is -2.54. The number of rotatable bonds is 5. The third-order valence-corrected chi connectivity index (χ3v) is 2.07. The van der Waals surface area contributed by atoms with E-state index in [2.05, 4.69) is 5.32 Å². The molecule has 0 saturated carbocycles. The molecule has 1 saturated heterocycles. The summed E-state index contributed by atoms with van der Waals surface area (Å²) in [4.78, 5) is 9.89. The van der Waals surface area contributed by atoms with Gasteiger partial charge in [0, 0.05) is 6.54 Å². The minimum absolute atomic E-state index is 0.0933. The zero-order valence-corrected chi connectivity index (χ0v) is 8.07. The highest BCUT2D eigenvalue weighted by Gasteiger charge is 2.37. The lowest BCUT2D eigenvalue weighted by Gasteiger charge is -2.34. The smallest absolute Gasteiger partial charge is 0.207 e. The summed E-state index contributed by atoms with van der Waals surface area (Å²) in [5.41, 5.74) is 0. The van der Waals surface area contributed by atoms with Crippen molar-refractivity contribution >= 4 is 6.41 Å². The Kier molecular flexibility index (Phi) is 4.92. The van der Waals surface area contributed by atoms with Crippen LogP contribution in [0.5, 0.6) is 0 Å². The Morgan fingerprint density at radius 1 is 1.40 bits per heavy atom. The highest BCUT2D eigenvalue weighted by Crippen LogP contribution is 2.16. The molecule has 7 nitrogen and oxygen atoms in total. The van der Waals surface area contributed by atoms with Gasteiger partial charge in [0.15, 0.2) is 6.29 Å². The number of carbonyl (C=O) groups excluding carboxylic acids is 1. The second-order valence-corrected chi connectivity index (χ2v) is 3.19. The van der Waals surface area contributed by atoms with Gasteiger partial charge in [-0.25, -0.2) is 0 Å². The third-order valence-electron chi connectivity index (χ3n) is 2.07. The van der Waals surface area contributed by atoms with E-state index in [1.165, 1.54) is 0 Å². The molecule has 0 aromatic heterocycles. The maximum Gasteiger partial charge on any atom is 0.207 e. The van der Waals surface area contributed by atoms with Crippen LogP contribution in [0.25, 0.3) is 0 Å². The van der Waals surface area contributed by atoms with E-state index >= 15 is 0 Å². The number of carbonyl (C=O) groups is 1. The van der Waals surface area contributed by atoms with Crippen molar-refractivity contribution in [3.05, 3.63) is 0 Å². The summed E-state index contributed by atoms with van der Waals surface area (Å²) in [5, 5.41) is 30.2. The minimum atomic E-state index is -1.29. The first kappa shape index (κ1) is 12.3. The van der Waals surface area contributed by atoms with Crippen LogP contribution in [0.3, 0.4) is 0 Å². The average Bonchev–Trinajstić information content (AvgIpc) is 2.24. The van der Waals surface area contributed by atoms with E-state index in [1.807, 2.05) is 0 Å². The summed E-state index contributed by atoms with van der Waals surface area (Å²) in [7, 11) is 0. The highest BCUT2D eigenvalue weighted by molar-refractivity contribution is 5.45. The fourth-order valence-corrected chi connectivity index (χ4v) is 1.22. The molecule has 4 N–H and O–H groups in total. The minimum Gasteiger partial charge on any atom is -0.388 e. The maximum atomic E-state index is 9.89. The molecule has 1 fully saturated rings. The first-order valence-corrected chi connectivity index (χ1v) is 4.61. The van der Waals surface area contributed by atoms with Crippen LogP contribution in [-0.4, -0.2) is 66.1 Å². The van der Waals surface area contributed by atoms with Crippen molar-refractivity contribution in [3.63, 3.8) is 0 Å². The van der Waals surface area contributed by atoms with Crippen LogP contribution in [0.1, 0.15) is 0 Å². The molecule has 1 aliphatic rings. The van der Waals surface area contributed by atoms with Gasteiger partial charge in [0.2, 0.25) is 6.41 Å². The number of nitrogens with one attached hydrogen (secondary N) is 1. The van der Waals surface area contributed by atoms with Crippen molar-refractivity contribution in [1.29, 1.82) is 0 Å². The van der Waals surface area contributed by atoms with E-state index in [0.717, 1.165) is 0 Å². The standard InChI is InChI=1S/C8H15NO6/c10-4-9-1-2-14-8-7(13)6(12)5(11)3-15-8/h4-8,11-13H,1-3H2,(H,9,10)/t5-,6-,7+,8-/m1/s1. The van der Waals surface area contributed by atoms with Gasteiger partial charge in [-0.3, -0.25) is 4.79 Å². The monoisotopic (exact) mass is 221 g/mol. The normalized spacial score (nSPS) is 36.2. The summed E-state index contributed by atoms with van der Waals surface area (Å²) in [6.07, 6.45) is -4.11. The molecule has 0 spiro atoms. The summed E-state index contributed by atoms with van der Waals surface area (Å²) in [6, 6.07) is 0. The van der Waals surface area contributed by atoms with Crippen LogP contribution in [0.4, 0.5) is 0 Å². The lowest BCUT2D eigenvalue weighted by atomic mass is 10.1. The zero-order valence-electron chi connectivity index (χ0n) is 8.07. The molecule has 1 amide bonds. The van der Waals surface area contributed by atoms with E-state index in [1.54, 1.807) is 0 Å².